The number of rotatable bonds is 3. The maximum Gasteiger partial charge on any atom is 0.291 e. The molecule has 0 radical (unpaired) electrons. The van der Waals surface area contributed by atoms with Gasteiger partial charge in [-0.15, -0.1) is 0 Å². The Morgan fingerprint density at radius 1 is 1.17 bits per heavy atom. The largest absolute Gasteiger partial charge is 0.411 e. The number of aliphatic imine (C=N–C) groups is 2. The Hall–Kier alpha value is -3.48. The summed E-state index contributed by atoms with van der Waals surface area (Å²) in [5, 5.41) is 10.9. The van der Waals surface area contributed by atoms with Crippen LogP contribution in [-0.2, 0) is 9.53 Å². The first-order valence-electron chi connectivity index (χ1n) is 10.1. The molecule has 156 valence electrons. The number of nitrogens with zero attached hydrogens (tertiary/aromatic N) is 2. The van der Waals surface area contributed by atoms with Gasteiger partial charge in [-0.25, -0.2) is 4.99 Å². The van der Waals surface area contributed by atoms with Crippen molar-refractivity contribution in [3.8, 4) is 0 Å². The highest BCUT2D eigenvalue weighted by Gasteiger charge is 2.44. The molecule has 1 unspecified atom stereocenters. The molecule has 7 heteroatoms. The molecule has 1 aliphatic heterocycles. The molecule has 2 aromatic carbocycles. The van der Waals surface area contributed by atoms with Crippen LogP contribution in [0.15, 0.2) is 64.6 Å². The fourth-order valence-electron chi connectivity index (χ4n) is 2.95. The number of fused-ring (bicyclic) bond motifs is 1. The Morgan fingerprint density at radius 2 is 1.80 bits per heavy atom. The van der Waals surface area contributed by atoms with Crippen molar-refractivity contribution in [1.29, 1.82) is 5.41 Å². The number of benzodiazepines with no additional fused rings is 1. The summed E-state index contributed by atoms with van der Waals surface area (Å²) >= 11 is 0. The van der Waals surface area contributed by atoms with Crippen molar-refractivity contribution in [1.82, 2.24) is 0 Å². The number of amidine groups is 1. The lowest BCUT2D eigenvalue weighted by molar-refractivity contribution is -0.117. The Labute approximate surface area is 176 Å². The highest BCUT2D eigenvalue weighted by atomic mass is 16.5. The zero-order chi connectivity index (χ0) is 21.7. The predicted octanol–water partition coefficient (Wildman–Crippen LogP) is 3.94. The maximum absolute atomic E-state index is 12.7. The molecular formula is C23H27N5O2. The second kappa shape index (κ2) is 8.90. The van der Waals surface area contributed by atoms with Gasteiger partial charge in [-0.1, -0.05) is 69.3 Å². The number of amides is 1. The smallest absolute Gasteiger partial charge is 0.291 e. The van der Waals surface area contributed by atoms with E-state index in [1.807, 2.05) is 75.4 Å². The number of para-hydroxylation sites is 1. The number of benzene rings is 2. The normalized spacial score (nSPS) is 19.2. The molecule has 1 fully saturated rings. The highest BCUT2D eigenvalue weighted by molar-refractivity contribution is 6.19. The molecule has 7 nitrogen and oxygen atoms in total. The van der Waals surface area contributed by atoms with Gasteiger partial charge in [0.15, 0.2) is 5.90 Å². The van der Waals surface area contributed by atoms with E-state index in [9.17, 15) is 4.79 Å². The number of carbonyl (C=O) groups is 1. The van der Waals surface area contributed by atoms with Crippen molar-refractivity contribution in [3.63, 3.8) is 0 Å². The van der Waals surface area contributed by atoms with E-state index in [2.05, 4.69) is 15.3 Å². The quantitative estimate of drug-likeness (QED) is 0.531. The summed E-state index contributed by atoms with van der Waals surface area (Å²) in [6, 6.07) is 16.8. The third-order valence-electron chi connectivity index (χ3n) is 4.98. The maximum atomic E-state index is 12.7. The topological polar surface area (TPSA) is 113 Å². The molecule has 1 atom stereocenters. The van der Waals surface area contributed by atoms with Crippen LogP contribution in [0.5, 0.6) is 0 Å². The minimum absolute atomic E-state index is 0.0679. The monoisotopic (exact) mass is 405 g/mol. The van der Waals surface area contributed by atoms with Crippen molar-refractivity contribution >= 4 is 29.2 Å². The molecule has 1 heterocycles. The predicted molar refractivity (Wildman–Crippen MR) is 120 cm³/mol. The van der Waals surface area contributed by atoms with Crippen LogP contribution >= 0.6 is 0 Å². The molecule has 0 aromatic heterocycles. The Morgan fingerprint density at radius 3 is 2.47 bits per heavy atom. The van der Waals surface area contributed by atoms with Crippen LogP contribution in [0, 0.1) is 10.8 Å². The molecule has 0 saturated heterocycles. The van der Waals surface area contributed by atoms with Gasteiger partial charge in [0, 0.05) is 16.5 Å². The number of hydrogen-bond acceptors (Lipinski definition) is 5. The van der Waals surface area contributed by atoms with Gasteiger partial charge in [0.2, 0.25) is 6.17 Å². The van der Waals surface area contributed by atoms with Gasteiger partial charge >= 0.3 is 0 Å². The molecule has 0 spiro atoms. The van der Waals surface area contributed by atoms with Crippen LogP contribution in [0.3, 0.4) is 0 Å². The van der Waals surface area contributed by atoms with Gasteiger partial charge in [-0.2, -0.15) is 4.99 Å². The Kier molecular flexibility index (Phi) is 6.30. The SMILES string of the molecule is CC.CC1(C(=N)O/C(N)=N/C2N=C(c3ccccc3)c3ccccc3NC2=O)CC1. The first kappa shape index (κ1) is 21.2. The molecule has 30 heavy (non-hydrogen) atoms. The van der Waals surface area contributed by atoms with Gasteiger partial charge in [0.05, 0.1) is 11.4 Å². The molecule has 1 amide bonds. The second-order valence-corrected chi connectivity index (χ2v) is 7.21. The lowest BCUT2D eigenvalue weighted by Gasteiger charge is -2.12. The number of anilines is 1. The van der Waals surface area contributed by atoms with E-state index in [-0.39, 0.29) is 17.3 Å². The summed E-state index contributed by atoms with van der Waals surface area (Å²) in [4.78, 5) is 21.4. The number of hydrogen-bond donors (Lipinski definition) is 3. The first-order valence-corrected chi connectivity index (χ1v) is 10.1. The van der Waals surface area contributed by atoms with E-state index in [1.165, 1.54) is 0 Å². The number of ether oxygens (including phenoxy) is 1. The van der Waals surface area contributed by atoms with Crippen LogP contribution in [-0.4, -0.2) is 29.7 Å². The summed E-state index contributed by atoms with van der Waals surface area (Å²) in [6.45, 7) is 5.93. The van der Waals surface area contributed by atoms with Crippen molar-refractivity contribution in [2.75, 3.05) is 5.32 Å². The van der Waals surface area contributed by atoms with Crippen LogP contribution < -0.4 is 11.1 Å². The molecule has 0 bridgehead atoms. The van der Waals surface area contributed by atoms with Gasteiger partial charge < -0.3 is 15.8 Å². The Bertz CT molecular complexity index is 994. The molecule has 1 saturated carbocycles. The first-order chi connectivity index (χ1) is 14.5. The molecule has 4 rings (SSSR count). The molecular weight excluding hydrogens is 378 g/mol. The van der Waals surface area contributed by atoms with Gasteiger partial charge in [-0.05, 0) is 18.9 Å². The van der Waals surface area contributed by atoms with E-state index in [1.54, 1.807) is 0 Å². The average molecular weight is 406 g/mol. The summed E-state index contributed by atoms with van der Waals surface area (Å²) in [7, 11) is 0. The zero-order valence-electron chi connectivity index (χ0n) is 17.5. The minimum atomic E-state index is -1.11. The summed E-state index contributed by atoms with van der Waals surface area (Å²) in [5.74, 6) is -0.340. The fourth-order valence-corrected chi connectivity index (χ4v) is 2.95. The lowest BCUT2D eigenvalue weighted by atomic mass is 10.0. The molecule has 2 aliphatic rings. The number of carbonyl (C=O) groups excluding carboxylic acids is 1. The minimum Gasteiger partial charge on any atom is -0.411 e. The average Bonchev–Trinajstić information content (AvgIpc) is 3.54. The molecule has 1 aliphatic carbocycles. The van der Waals surface area contributed by atoms with E-state index in [4.69, 9.17) is 15.9 Å². The zero-order valence-corrected chi connectivity index (χ0v) is 17.5. The van der Waals surface area contributed by atoms with E-state index < -0.39 is 12.1 Å². The molecule has 2 aromatic rings. The second-order valence-electron chi connectivity index (χ2n) is 7.21. The highest BCUT2D eigenvalue weighted by Crippen LogP contribution is 2.46. The lowest BCUT2D eigenvalue weighted by Crippen LogP contribution is -2.30. The number of nitrogens with two attached hydrogens (primary N) is 1. The number of nitrogens with one attached hydrogen (secondary N) is 2. The Balaban J connectivity index is 0.00000124. The van der Waals surface area contributed by atoms with Gasteiger partial charge in [0.25, 0.3) is 11.9 Å². The fraction of sp³-hybridized carbons (Fsp3) is 0.304. The van der Waals surface area contributed by atoms with E-state index >= 15 is 0 Å². The third kappa shape index (κ3) is 4.56. The van der Waals surface area contributed by atoms with Crippen LogP contribution in [0.1, 0.15) is 44.7 Å². The van der Waals surface area contributed by atoms with Crippen molar-refractivity contribution in [2.24, 2.45) is 21.1 Å². The van der Waals surface area contributed by atoms with E-state index in [0.717, 1.165) is 24.0 Å². The van der Waals surface area contributed by atoms with Crippen LogP contribution in [0.2, 0.25) is 0 Å². The molecule has 4 N–H and O–H groups in total. The van der Waals surface area contributed by atoms with Crippen molar-refractivity contribution in [3.05, 3.63) is 65.7 Å². The van der Waals surface area contributed by atoms with Crippen molar-refractivity contribution in [2.45, 2.75) is 39.8 Å². The summed E-state index contributed by atoms with van der Waals surface area (Å²) < 4.78 is 5.35. The van der Waals surface area contributed by atoms with Crippen LogP contribution in [0.4, 0.5) is 5.69 Å². The summed E-state index contributed by atoms with van der Waals surface area (Å²) in [6.07, 6.45) is 0.658. The van der Waals surface area contributed by atoms with Gasteiger partial charge in [-0.3, -0.25) is 10.2 Å². The summed E-state index contributed by atoms with van der Waals surface area (Å²) in [5.41, 5.74) is 8.56. The third-order valence-corrected chi connectivity index (χ3v) is 4.98. The standard InChI is InChI=1S/C21H21N5O2.C2H6/c1-21(11-12-21)19(22)28-20(23)26-17-18(27)24-15-10-6-5-9-14(15)16(25-17)13-7-3-2-4-8-13;1-2/h2-10,17,22H,11-12H2,1H3,(H2,23,26)(H,24,27);1-2H3. The van der Waals surface area contributed by atoms with Gasteiger partial charge in [0.1, 0.15) is 0 Å². The van der Waals surface area contributed by atoms with Crippen LogP contribution in [0.25, 0.3) is 0 Å². The van der Waals surface area contributed by atoms with E-state index in [0.29, 0.717) is 11.4 Å². The van der Waals surface area contributed by atoms with Crippen molar-refractivity contribution < 1.29 is 9.53 Å².